The van der Waals surface area contributed by atoms with Gasteiger partial charge in [0, 0.05) is 24.6 Å². The van der Waals surface area contributed by atoms with E-state index in [1.54, 1.807) is 0 Å². The monoisotopic (exact) mass is 340 g/mol. The number of nitrogens with zero attached hydrogens (tertiary/aromatic N) is 2. The van der Waals surface area contributed by atoms with Gasteiger partial charge in [-0.2, -0.15) is 0 Å². The van der Waals surface area contributed by atoms with Gasteiger partial charge in [-0.05, 0) is 40.0 Å². The Kier molecular flexibility index (Phi) is 7.41. The Morgan fingerprint density at radius 1 is 1.20 bits per heavy atom. The van der Waals surface area contributed by atoms with Crippen LogP contribution < -0.4 is 0 Å². The van der Waals surface area contributed by atoms with E-state index in [2.05, 4.69) is 9.80 Å². The van der Waals surface area contributed by atoms with Gasteiger partial charge < -0.3 is 9.80 Å². The van der Waals surface area contributed by atoms with Crippen LogP contribution in [0.2, 0.25) is 0 Å². The molecule has 0 spiro atoms. The SMILES string of the molecule is Br.CN(C)CC(CN1CCCC1)C(=O)c1ccccc1. The van der Waals surface area contributed by atoms with E-state index < -0.39 is 0 Å². The number of carbonyl (C=O) groups is 1. The zero-order valence-corrected chi connectivity index (χ0v) is 14.1. The molecule has 0 aliphatic carbocycles. The number of carbonyl (C=O) groups excluding carboxylic acids is 1. The van der Waals surface area contributed by atoms with Crippen molar-refractivity contribution in [1.29, 1.82) is 0 Å². The van der Waals surface area contributed by atoms with Crippen molar-refractivity contribution in [2.45, 2.75) is 12.8 Å². The molecule has 2 rings (SSSR count). The molecule has 112 valence electrons. The minimum absolute atomic E-state index is 0. The number of hydrogen-bond acceptors (Lipinski definition) is 3. The minimum atomic E-state index is 0. The summed E-state index contributed by atoms with van der Waals surface area (Å²) in [5, 5.41) is 0. The predicted molar refractivity (Wildman–Crippen MR) is 88.8 cm³/mol. The fourth-order valence-corrected chi connectivity index (χ4v) is 2.78. The summed E-state index contributed by atoms with van der Waals surface area (Å²) in [5.41, 5.74) is 0.841. The maximum atomic E-state index is 12.6. The molecule has 0 saturated carbocycles. The minimum Gasteiger partial charge on any atom is -0.309 e. The first-order valence-corrected chi connectivity index (χ1v) is 7.13. The van der Waals surface area contributed by atoms with E-state index in [0.29, 0.717) is 0 Å². The number of halogens is 1. The van der Waals surface area contributed by atoms with Gasteiger partial charge in [-0.25, -0.2) is 0 Å². The summed E-state index contributed by atoms with van der Waals surface area (Å²) in [4.78, 5) is 17.2. The first kappa shape index (κ1) is 17.3. The third-order valence-corrected chi connectivity index (χ3v) is 3.69. The van der Waals surface area contributed by atoms with E-state index in [9.17, 15) is 4.79 Å². The number of hydrogen-bond donors (Lipinski definition) is 0. The predicted octanol–water partition coefficient (Wildman–Crippen LogP) is 2.72. The van der Waals surface area contributed by atoms with Crippen molar-refractivity contribution in [2.75, 3.05) is 40.3 Å². The van der Waals surface area contributed by atoms with Gasteiger partial charge in [-0.3, -0.25) is 4.79 Å². The normalized spacial score (nSPS) is 16.9. The zero-order valence-electron chi connectivity index (χ0n) is 12.4. The molecular formula is C16H25BrN2O. The molecule has 0 amide bonds. The number of rotatable bonds is 6. The Morgan fingerprint density at radius 3 is 2.35 bits per heavy atom. The molecular weight excluding hydrogens is 316 g/mol. The fraction of sp³-hybridized carbons (Fsp3) is 0.562. The average Bonchev–Trinajstić information content (AvgIpc) is 2.90. The zero-order chi connectivity index (χ0) is 13.7. The van der Waals surface area contributed by atoms with E-state index in [4.69, 9.17) is 0 Å². The lowest BCUT2D eigenvalue weighted by molar-refractivity contribution is 0.0861. The van der Waals surface area contributed by atoms with Crippen molar-refractivity contribution >= 4 is 22.8 Å². The second-order valence-corrected chi connectivity index (χ2v) is 5.70. The van der Waals surface area contributed by atoms with Gasteiger partial charge in [0.2, 0.25) is 0 Å². The van der Waals surface area contributed by atoms with E-state index in [0.717, 1.165) is 31.7 Å². The van der Waals surface area contributed by atoms with E-state index in [1.165, 1.54) is 12.8 Å². The molecule has 0 radical (unpaired) electrons. The molecule has 1 aromatic carbocycles. The molecule has 1 aliphatic rings. The molecule has 1 aromatic rings. The summed E-state index contributed by atoms with van der Waals surface area (Å²) in [6.45, 7) is 4.01. The topological polar surface area (TPSA) is 23.6 Å². The van der Waals surface area contributed by atoms with Crippen molar-refractivity contribution in [3.05, 3.63) is 35.9 Å². The highest BCUT2D eigenvalue weighted by molar-refractivity contribution is 8.93. The lowest BCUT2D eigenvalue weighted by atomic mass is 9.96. The van der Waals surface area contributed by atoms with Crippen molar-refractivity contribution in [3.63, 3.8) is 0 Å². The van der Waals surface area contributed by atoms with Crippen LogP contribution in [0.3, 0.4) is 0 Å². The third kappa shape index (κ3) is 5.00. The lowest BCUT2D eigenvalue weighted by Gasteiger charge is -2.25. The van der Waals surface area contributed by atoms with Crippen molar-refractivity contribution in [2.24, 2.45) is 5.92 Å². The summed E-state index contributed by atoms with van der Waals surface area (Å²) in [7, 11) is 4.07. The van der Waals surface area contributed by atoms with Crippen LogP contribution in [-0.2, 0) is 0 Å². The molecule has 1 aliphatic heterocycles. The molecule has 1 saturated heterocycles. The van der Waals surface area contributed by atoms with Crippen molar-refractivity contribution in [3.8, 4) is 0 Å². The van der Waals surface area contributed by atoms with E-state index in [-0.39, 0.29) is 28.7 Å². The summed E-state index contributed by atoms with van der Waals surface area (Å²) in [6, 6.07) is 9.69. The molecule has 0 N–H and O–H groups in total. The van der Waals surface area contributed by atoms with Crippen molar-refractivity contribution < 1.29 is 4.79 Å². The van der Waals surface area contributed by atoms with E-state index in [1.807, 2.05) is 44.4 Å². The van der Waals surface area contributed by atoms with Gasteiger partial charge in [0.05, 0.1) is 0 Å². The Bertz CT molecular complexity index is 402. The Balaban J connectivity index is 0.00000200. The molecule has 1 heterocycles. The van der Waals surface area contributed by atoms with Gasteiger partial charge in [-0.15, -0.1) is 17.0 Å². The Hall–Kier alpha value is -0.710. The molecule has 20 heavy (non-hydrogen) atoms. The van der Waals surface area contributed by atoms with Crippen LogP contribution in [0.4, 0.5) is 0 Å². The highest BCUT2D eigenvalue weighted by Gasteiger charge is 2.24. The first-order chi connectivity index (χ1) is 9.16. The smallest absolute Gasteiger partial charge is 0.168 e. The van der Waals surface area contributed by atoms with Gasteiger partial charge in [-0.1, -0.05) is 30.3 Å². The average molecular weight is 341 g/mol. The maximum Gasteiger partial charge on any atom is 0.168 e. The van der Waals surface area contributed by atoms with Crippen LogP contribution in [0.25, 0.3) is 0 Å². The second-order valence-electron chi connectivity index (χ2n) is 5.70. The van der Waals surface area contributed by atoms with Crippen LogP contribution in [0.15, 0.2) is 30.3 Å². The number of likely N-dealkylation sites (tertiary alicyclic amines) is 1. The van der Waals surface area contributed by atoms with Crippen LogP contribution in [0, 0.1) is 5.92 Å². The molecule has 3 nitrogen and oxygen atoms in total. The summed E-state index contributed by atoms with van der Waals surface area (Å²) in [5.74, 6) is 0.358. The molecule has 4 heteroatoms. The highest BCUT2D eigenvalue weighted by Crippen LogP contribution is 2.15. The third-order valence-electron chi connectivity index (χ3n) is 3.69. The Morgan fingerprint density at radius 2 is 1.80 bits per heavy atom. The highest BCUT2D eigenvalue weighted by atomic mass is 79.9. The standard InChI is InChI=1S/C16H24N2O.BrH/c1-17(2)12-15(13-18-10-6-7-11-18)16(19)14-8-4-3-5-9-14;/h3-5,8-9,15H,6-7,10-13H2,1-2H3;1H. The summed E-state index contributed by atoms with van der Waals surface area (Å²) in [6.07, 6.45) is 2.54. The van der Waals surface area contributed by atoms with Crippen molar-refractivity contribution in [1.82, 2.24) is 9.80 Å². The molecule has 1 fully saturated rings. The number of ketones is 1. The van der Waals surface area contributed by atoms with Crippen LogP contribution in [-0.4, -0.2) is 55.9 Å². The van der Waals surface area contributed by atoms with Gasteiger partial charge in [0.15, 0.2) is 5.78 Å². The molecule has 1 atom stereocenters. The largest absolute Gasteiger partial charge is 0.309 e. The number of Topliss-reactive ketones (excluding diaryl/α,β-unsaturated/α-hetero) is 1. The molecule has 1 unspecified atom stereocenters. The molecule has 0 aromatic heterocycles. The lowest BCUT2D eigenvalue weighted by Crippen LogP contribution is -2.37. The van der Waals surface area contributed by atoms with Gasteiger partial charge in [0.25, 0.3) is 0 Å². The quantitative estimate of drug-likeness (QED) is 0.744. The maximum absolute atomic E-state index is 12.6. The van der Waals surface area contributed by atoms with Crippen LogP contribution >= 0.6 is 17.0 Å². The van der Waals surface area contributed by atoms with Crippen LogP contribution in [0.5, 0.6) is 0 Å². The first-order valence-electron chi connectivity index (χ1n) is 7.13. The van der Waals surface area contributed by atoms with Gasteiger partial charge in [0.1, 0.15) is 0 Å². The second kappa shape index (κ2) is 8.55. The fourth-order valence-electron chi connectivity index (χ4n) is 2.78. The van der Waals surface area contributed by atoms with E-state index >= 15 is 0 Å². The van der Waals surface area contributed by atoms with Gasteiger partial charge >= 0.3 is 0 Å². The molecule has 0 bridgehead atoms. The summed E-state index contributed by atoms with van der Waals surface area (Å²) < 4.78 is 0. The summed E-state index contributed by atoms with van der Waals surface area (Å²) >= 11 is 0. The Labute approximate surface area is 132 Å². The van der Waals surface area contributed by atoms with Crippen LogP contribution in [0.1, 0.15) is 23.2 Å². The number of benzene rings is 1.